The average molecular weight is 1310 g/mol. The largest absolute Gasteiger partial charge is 0.493 e. The van der Waals surface area contributed by atoms with Crippen LogP contribution < -0.4 is 18.9 Å². The highest BCUT2D eigenvalue weighted by atomic mass is 35.6. The minimum atomic E-state index is -0.750. The minimum absolute atomic E-state index is 0.0110. The van der Waals surface area contributed by atoms with Gasteiger partial charge in [-0.2, -0.15) is 0 Å². The van der Waals surface area contributed by atoms with Gasteiger partial charge in [0.15, 0.2) is 4.30 Å². The van der Waals surface area contributed by atoms with Gasteiger partial charge in [0.05, 0.1) is 39.5 Å². The number of carbonyl (C=O) groups excluding carboxylic acids is 4. The highest BCUT2D eigenvalue weighted by molar-refractivity contribution is 8.01. The summed E-state index contributed by atoms with van der Waals surface area (Å²) < 4.78 is 24.5. The molecule has 10 aliphatic rings. The van der Waals surface area contributed by atoms with Crippen molar-refractivity contribution in [3.8, 4) is 23.0 Å². The Morgan fingerprint density at radius 1 is 0.422 bits per heavy atom. The molecule has 7 aromatic rings. The summed E-state index contributed by atoms with van der Waals surface area (Å²) in [6.45, 7) is 10.9. The molecule has 8 bridgehead atoms. The maximum Gasteiger partial charge on any atom is 0.261 e. The monoisotopic (exact) mass is 1310 g/mol. The minimum Gasteiger partial charge on any atom is -0.493 e. The summed E-state index contributed by atoms with van der Waals surface area (Å²) >= 11 is 18.4. The third-order valence-corrected chi connectivity index (χ3v) is 24.3. The maximum absolute atomic E-state index is 16.0. The van der Waals surface area contributed by atoms with E-state index in [4.69, 9.17) is 53.8 Å². The first kappa shape index (κ1) is 62.3. The molecule has 0 atom stereocenters. The Hall–Kier alpha value is -5.11. The number of unbranched alkanes of at least 4 members (excludes halogenated alkanes) is 4. The Kier molecular flexibility index (Phi) is 17.8. The fourth-order valence-electron chi connectivity index (χ4n) is 18.2. The van der Waals surface area contributed by atoms with E-state index in [1.54, 1.807) is 0 Å². The van der Waals surface area contributed by atoms with Gasteiger partial charge in [-0.05, 0) is 203 Å². The molecule has 8 aliphatic carbocycles. The Morgan fingerprint density at radius 2 is 0.756 bits per heavy atom. The predicted molar refractivity (Wildman–Crippen MR) is 365 cm³/mol. The van der Waals surface area contributed by atoms with Gasteiger partial charge in [-0.25, -0.2) is 0 Å². The van der Waals surface area contributed by atoms with Crippen molar-refractivity contribution >= 4 is 125 Å². The van der Waals surface area contributed by atoms with Crippen LogP contribution in [-0.2, 0) is 13.1 Å². The van der Waals surface area contributed by atoms with Gasteiger partial charge in [-0.1, -0.05) is 100 Å². The highest BCUT2D eigenvalue weighted by Crippen LogP contribution is 2.66. The molecule has 7 aromatic carbocycles. The fraction of sp³-hybridized carbons (Fsp3) is 0.520. The molecule has 17 rings (SSSR count). The fourth-order valence-corrected chi connectivity index (χ4v) is 22.0. The second-order valence-corrected chi connectivity index (χ2v) is 32.8. The van der Waals surface area contributed by atoms with Crippen molar-refractivity contribution in [1.82, 2.24) is 9.80 Å². The smallest absolute Gasteiger partial charge is 0.261 e. The summed E-state index contributed by atoms with van der Waals surface area (Å²) in [5.41, 5.74) is 3.67. The van der Waals surface area contributed by atoms with Crippen molar-refractivity contribution in [2.45, 2.75) is 193 Å². The molecule has 90 heavy (non-hydrogen) atoms. The summed E-state index contributed by atoms with van der Waals surface area (Å²) in [5, 5.41) is 7.32. The van der Waals surface area contributed by atoms with Crippen LogP contribution in [0.5, 0.6) is 23.0 Å². The quantitative estimate of drug-likeness (QED) is 0.0191. The lowest BCUT2D eigenvalue weighted by molar-refractivity contribution is 0.0382. The van der Waals surface area contributed by atoms with E-state index in [9.17, 15) is 0 Å². The number of imide groups is 2. The Balaban J connectivity index is 0.00000172. The lowest BCUT2D eigenvalue weighted by atomic mass is 9.56. The number of thioether (sulfide) groups is 2. The molecule has 0 aromatic heterocycles. The third-order valence-electron chi connectivity index (χ3n) is 21.3. The molecule has 8 saturated carbocycles. The van der Waals surface area contributed by atoms with E-state index >= 15 is 19.2 Å². The molecule has 2 aliphatic heterocycles. The van der Waals surface area contributed by atoms with Crippen LogP contribution in [0, 0.1) is 35.5 Å². The molecule has 474 valence electrons. The third kappa shape index (κ3) is 11.6. The molecule has 0 N–H and O–H groups in total. The molecule has 0 radical (unpaired) electrons. The van der Waals surface area contributed by atoms with Crippen molar-refractivity contribution < 1.29 is 38.1 Å². The van der Waals surface area contributed by atoms with E-state index in [-0.39, 0.29) is 46.2 Å². The van der Waals surface area contributed by atoms with Crippen LogP contribution >= 0.6 is 58.3 Å². The van der Waals surface area contributed by atoms with E-state index in [2.05, 4.69) is 52.0 Å². The Labute approximate surface area is 553 Å². The predicted octanol–water partition coefficient (Wildman–Crippen LogP) is 20.2. The van der Waals surface area contributed by atoms with Gasteiger partial charge in [-0.3, -0.25) is 29.0 Å². The summed E-state index contributed by atoms with van der Waals surface area (Å²) in [6.07, 6.45) is 22.4. The van der Waals surface area contributed by atoms with Crippen molar-refractivity contribution in [1.29, 1.82) is 0 Å². The van der Waals surface area contributed by atoms with Gasteiger partial charge in [0.25, 0.3) is 23.6 Å². The summed E-state index contributed by atoms with van der Waals surface area (Å²) in [7, 11) is 0. The molecule has 0 saturated heterocycles. The molecular formula is C75H83Cl3N2O8S2. The number of hydrogen-bond acceptors (Lipinski definition) is 10. The van der Waals surface area contributed by atoms with E-state index in [0.29, 0.717) is 107 Å². The first-order valence-electron chi connectivity index (χ1n) is 33.7. The number of ether oxygens (including phenoxy) is 4. The maximum atomic E-state index is 16.0. The van der Waals surface area contributed by atoms with Crippen molar-refractivity contribution in [2.24, 2.45) is 35.5 Å². The Bertz CT molecular complexity index is 3720. The van der Waals surface area contributed by atoms with Crippen LogP contribution in [0.4, 0.5) is 0 Å². The van der Waals surface area contributed by atoms with Crippen LogP contribution in [-0.4, -0.2) is 73.6 Å². The first-order chi connectivity index (χ1) is 43.7. The number of alkyl halides is 3. The number of amides is 4. The summed E-state index contributed by atoms with van der Waals surface area (Å²) in [5.74, 6) is 5.64. The summed E-state index contributed by atoms with van der Waals surface area (Å²) in [4.78, 5) is 67.8. The van der Waals surface area contributed by atoms with Gasteiger partial charge < -0.3 is 18.9 Å². The van der Waals surface area contributed by atoms with Crippen molar-refractivity contribution in [2.75, 3.05) is 26.4 Å². The molecule has 0 spiro atoms. The number of halogens is 3. The van der Waals surface area contributed by atoms with Crippen LogP contribution in [0.1, 0.15) is 209 Å². The van der Waals surface area contributed by atoms with Crippen LogP contribution in [0.25, 0.3) is 43.1 Å². The van der Waals surface area contributed by atoms with Gasteiger partial charge in [0.1, 0.15) is 23.0 Å². The topological polar surface area (TPSA) is 112 Å². The molecule has 2 heterocycles. The molecule has 10 nitrogen and oxygen atoms in total. The van der Waals surface area contributed by atoms with Crippen molar-refractivity contribution in [3.05, 3.63) is 106 Å². The van der Waals surface area contributed by atoms with Crippen molar-refractivity contribution in [3.63, 3.8) is 0 Å². The number of benzene rings is 7. The van der Waals surface area contributed by atoms with Crippen LogP contribution in [0.15, 0.2) is 82.6 Å². The number of nitrogens with zero attached hydrogens (tertiary/aromatic N) is 2. The van der Waals surface area contributed by atoms with Gasteiger partial charge >= 0.3 is 0 Å². The van der Waals surface area contributed by atoms with Gasteiger partial charge in [0, 0.05) is 91.7 Å². The molecular weight excluding hydrogens is 1230 g/mol. The van der Waals surface area contributed by atoms with Crippen LogP contribution in [0.2, 0.25) is 0 Å². The highest BCUT2D eigenvalue weighted by Gasteiger charge is 2.54. The SMILES string of the molecule is CCCCOc1ccc(CN2C(=O)c3ccc4c5c(SC67CC8CC(CC(C8)C6)C7)cc6c7c(cc(SC89CC%10CC(CC(C%10)C8)C9)c(c8ccc(c3c48)C2=O)c75)C(=O)N(Cc2ccc(OCCCC)cc2OCCCC)C6=O)c(OCCCC)c1.ClC(Cl)Cl. The normalized spacial score (nSPS) is 25.2. The second-order valence-electron chi connectivity index (χ2n) is 27.8. The molecule has 0 unspecified atom stereocenters. The first-order valence-corrected chi connectivity index (χ1v) is 36.7. The lowest BCUT2D eigenvalue weighted by Crippen LogP contribution is -2.48. The number of hydrogen-bond donors (Lipinski definition) is 0. The Morgan fingerprint density at radius 3 is 1.11 bits per heavy atom. The van der Waals surface area contributed by atoms with Crippen LogP contribution in [0.3, 0.4) is 0 Å². The zero-order valence-corrected chi connectivity index (χ0v) is 56.4. The van der Waals surface area contributed by atoms with E-state index in [1.807, 2.05) is 72.1 Å². The average Bonchev–Trinajstić information content (AvgIpc) is 0.680. The lowest BCUT2D eigenvalue weighted by Gasteiger charge is -2.56. The molecule has 15 heteroatoms. The zero-order valence-electron chi connectivity index (χ0n) is 52.5. The van der Waals surface area contributed by atoms with Gasteiger partial charge in [-0.15, -0.1) is 23.5 Å². The number of fused-ring (bicyclic) bond motifs is 2. The van der Waals surface area contributed by atoms with E-state index < -0.39 is 4.30 Å². The van der Waals surface area contributed by atoms with E-state index in [0.717, 1.165) is 154 Å². The van der Waals surface area contributed by atoms with Gasteiger partial charge in [0.2, 0.25) is 0 Å². The second kappa shape index (κ2) is 25.7. The summed E-state index contributed by atoms with van der Waals surface area (Å²) in [6, 6.07) is 24.2. The standard InChI is InChI=1S/C74H82N2O8S2.CHCl3/c1-5-9-21-81-51-15-13-49(59(31-51)83-23-11-7-3)41-75-69(77)55-19-17-53-63-54(18-20-56(64(55)63)70(75)78)67-62(86-74-38-46-28-47(39-74)30-48(29-46)40-74)34-58-65-57(33-61(66(53)68(65)67)85-73-35-43-25-44(36-73)27-45(26-43)37-73)71(79)76(72(58)80)42-50-14-16-52(82-22-10-6-2)32-60(50)84-24-12-8-4;2-1(3)4/h13-20,31-34,43-48H,5-12,21-30,35-42H2,1-4H3;1H. The molecule has 8 fully saturated rings. The zero-order chi connectivity index (χ0) is 62.2. The van der Waals surface area contributed by atoms with E-state index in [1.165, 1.54) is 48.3 Å². The number of carbonyl (C=O) groups is 4. The molecule has 4 amide bonds. The number of rotatable bonds is 24.